The second-order valence-corrected chi connectivity index (χ2v) is 7.58. The van der Waals surface area contributed by atoms with Crippen LogP contribution in [0.4, 0.5) is 5.13 Å². The summed E-state index contributed by atoms with van der Waals surface area (Å²) in [5, 5.41) is 12.9. The van der Waals surface area contributed by atoms with Gasteiger partial charge in [0, 0.05) is 12.0 Å². The van der Waals surface area contributed by atoms with Crippen LogP contribution in [0.15, 0.2) is 0 Å². The van der Waals surface area contributed by atoms with E-state index in [9.17, 15) is 8.42 Å². The van der Waals surface area contributed by atoms with Crippen molar-refractivity contribution >= 4 is 26.3 Å². The van der Waals surface area contributed by atoms with Gasteiger partial charge in [-0.3, -0.25) is 0 Å². The van der Waals surface area contributed by atoms with E-state index in [0.717, 1.165) is 10.1 Å². The summed E-state index contributed by atoms with van der Waals surface area (Å²) in [5.74, 6) is 0.852. The molecule has 1 atom stereocenters. The van der Waals surface area contributed by atoms with E-state index in [-0.39, 0.29) is 17.5 Å². The fourth-order valence-electron chi connectivity index (χ4n) is 1.61. The molecule has 7 heteroatoms. The average molecular weight is 261 g/mol. The SMILES string of the molecule is CC(C)c1nnc(NC2CCS(=O)(=O)C2)s1. The maximum absolute atomic E-state index is 11.3. The monoisotopic (exact) mass is 261 g/mol. The molecule has 0 amide bonds. The first kappa shape index (κ1) is 11.8. The summed E-state index contributed by atoms with van der Waals surface area (Å²) in [7, 11) is -2.83. The van der Waals surface area contributed by atoms with Gasteiger partial charge in [-0.05, 0) is 6.42 Å². The van der Waals surface area contributed by atoms with E-state index in [4.69, 9.17) is 0 Å². The summed E-state index contributed by atoms with van der Waals surface area (Å²) in [6.07, 6.45) is 0.666. The summed E-state index contributed by atoms with van der Waals surface area (Å²) in [5.41, 5.74) is 0. The van der Waals surface area contributed by atoms with Crippen LogP contribution in [0.3, 0.4) is 0 Å². The Hall–Kier alpha value is -0.690. The van der Waals surface area contributed by atoms with Crippen molar-refractivity contribution in [3.63, 3.8) is 0 Å². The zero-order chi connectivity index (χ0) is 11.8. The van der Waals surface area contributed by atoms with Crippen LogP contribution >= 0.6 is 11.3 Å². The van der Waals surface area contributed by atoms with Crippen molar-refractivity contribution < 1.29 is 8.42 Å². The van der Waals surface area contributed by atoms with Crippen LogP contribution in [-0.2, 0) is 9.84 Å². The Bertz CT molecular complexity index is 467. The minimum absolute atomic E-state index is 0.00189. The highest BCUT2D eigenvalue weighted by molar-refractivity contribution is 7.91. The standard InChI is InChI=1S/C9H15N3O2S2/c1-6(2)8-11-12-9(15-8)10-7-3-4-16(13,14)5-7/h6-7H,3-5H2,1-2H3,(H,10,12). The molecule has 1 fully saturated rings. The molecule has 5 nitrogen and oxygen atoms in total. The second-order valence-electron chi connectivity index (χ2n) is 4.34. The number of aromatic nitrogens is 2. The largest absolute Gasteiger partial charge is 0.356 e. The molecule has 0 bridgehead atoms. The van der Waals surface area contributed by atoms with Gasteiger partial charge >= 0.3 is 0 Å². The van der Waals surface area contributed by atoms with Crippen molar-refractivity contribution in [1.82, 2.24) is 10.2 Å². The molecule has 90 valence electrons. The molecule has 1 aromatic heterocycles. The smallest absolute Gasteiger partial charge is 0.205 e. The van der Waals surface area contributed by atoms with E-state index >= 15 is 0 Å². The first-order valence-electron chi connectivity index (χ1n) is 5.26. The molecule has 1 aliphatic rings. The van der Waals surface area contributed by atoms with E-state index in [2.05, 4.69) is 29.4 Å². The van der Waals surface area contributed by atoms with Gasteiger partial charge in [-0.15, -0.1) is 10.2 Å². The van der Waals surface area contributed by atoms with E-state index in [1.807, 2.05) is 0 Å². The van der Waals surface area contributed by atoms with Crippen LogP contribution in [0.25, 0.3) is 0 Å². The highest BCUT2D eigenvalue weighted by Gasteiger charge is 2.28. The zero-order valence-electron chi connectivity index (χ0n) is 9.30. The fraction of sp³-hybridized carbons (Fsp3) is 0.778. The van der Waals surface area contributed by atoms with Gasteiger partial charge in [0.05, 0.1) is 11.5 Å². The third kappa shape index (κ3) is 2.70. The predicted molar refractivity (Wildman–Crippen MR) is 64.7 cm³/mol. The lowest BCUT2D eigenvalue weighted by Crippen LogP contribution is -2.20. The first-order valence-corrected chi connectivity index (χ1v) is 7.90. The lowest BCUT2D eigenvalue weighted by Gasteiger charge is -2.07. The number of hydrogen-bond acceptors (Lipinski definition) is 6. The topological polar surface area (TPSA) is 72.0 Å². The molecule has 2 rings (SSSR count). The van der Waals surface area contributed by atoms with Gasteiger partial charge in [0.1, 0.15) is 5.01 Å². The van der Waals surface area contributed by atoms with Crippen LogP contribution in [0.2, 0.25) is 0 Å². The van der Waals surface area contributed by atoms with Crippen molar-refractivity contribution in [3.8, 4) is 0 Å². The molecule has 0 spiro atoms. The molecule has 2 heterocycles. The van der Waals surface area contributed by atoms with Gasteiger partial charge < -0.3 is 5.32 Å². The predicted octanol–water partition coefficient (Wildman–Crippen LogP) is 1.26. The van der Waals surface area contributed by atoms with Crippen LogP contribution in [0.5, 0.6) is 0 Å². The van der Waals surface area contributed by atoms with Gasteiger partial charge in [-0.25, -0.2) is 8.42 Å². The third-order valence-electron chi connectivity index (χ3n) is 2.49. The van der Waals surface area contributed by atoms with Crippen molar-refractivity contribution in [1.29, 1.82) is 0 Å². The molecule has 1 N–H and O–H groups in total. The molecule has 0 aromatic carbocycles. The van der Waals surface area contributed by atoms with Crippen molar-refractivity contribution in [2.24, 2.45) is 0 Å². The molecule has 0 saturated carbocycles. The summed E-state index contributed by atoms with van der Waals surface area (Å²) < 4.78 is 22.5. The maximum Gasteiger partial charge on any atom is 0.205 e. The molecule has 1 aliphatic heterocycles. The number of nitrogens with zero attached hydrogens (tertiary/aromatic N) is 2. The number of nitrogens with one attached hydrogen (secondary N) is 1. The van der Waals surface area contributed by atoms with Gasteiger partial charge in [0.2, 0.25) is 5.13 Å². The van der Waals surface area contributed by atoms with Gasteiger partial charge in [0.15, 0.2) is 9.84 Å². The van der Waals surface area contributed by atoms with E-state index < -0.39 is 9.84 Å². The summed E-state index contributed by atoms with van der Waals surface area (Å²) in [4.78, 5) is 0. The van der Waals surface area contributed by atoms with Crippen molar-refractivity contribution in [2.45, 2.75) is 32.2 Å². The fourth-order valence-corrected chi connectivity index (χ4v) is 4.11. The quantitative estimate of drug-likeness (QED) is 0.887. The molecule has 1 saturated heterocycles. The molecule has 16 heavy (non-hydrogen) atoms. The minimum Gasteiger partial charge on any atom is -0.356 e. The Morgan fingerprint density at radius 1 is 1.44 bits per heavy atom. The van der Waals surface area contributed by atoms with Crippen LogP contribution in [0.1, 0.15) is 31.2 Å². The van der Waals surface area contributed by atoms with E-state index in [1.165, 1.54) is 11.3 Å². The third-order valence-corrected chi connectivity index (χ3v) is 5.42. The van der Waals surface area contributed by atoms with E-state index in [0.29, 0.717) is 12.3 Å². The Balaban J connectivity index is 2.00. The lowest BCUT2D eigenvalue weighted by molar-refractivity contribution is 0.602. The van der Waals surface area contributed by atoms with Crippen LogP contribution in [0, 0.1) is 0 Å². The second kappa shape index (κ2) is 4.29. The Morgan fingerprint density at radius 3 is 2.69 bits per heavy atom. The van der Waals surface area contributed by atoms with Crippen molar-refractivity contribution in [2.75, 3.05) is 16.8 Å². The van der Waals surface area contributed by atoms with Crippen LogP contribution in [-0.4, -0.2) is 36.2 Å². The van der Waals surface area contributed by atoms with Crippen molar-refractivity contribution in [3.05, 3.63) is 5.01 Å². The molecule has 0 aliphatic carbocycles. The summed E-state index contributed by atoms with van der Waals surface area (Å²) >= 11 is 1.50. The molecule has 1 unspecified atom stereocenters. The highest BCUT2D eigenvalue weighted by Crippen LogP contribution is 2.24. The normalized spacial score (nSPS) is 23.8. The Labute approximate surface area is 99.2 Å². The van der Waals surface area contributed by atoms with Gasteiger partial charge in [0.25, 0.3) is 0 Å². The molecular formula is C9H15N3O2S2. The molecule has 0 radical (unpaired) electrons. The molecular weight excluding hydrogens is 246 g/mol. The summed E-state index contributed by atoms with van der Waals surface area (Å²) in [6, 6.07) is -0.00189. The maximum atomic E-state index is 11.3. The Morgan fingerprint density at radius 2 is 2.19 bits per heavy atom. The number of anilines is 1. The number of sulfone groups is 1. The van der Waals surface area contributed by atoms with Crippen LogP contribution < -0.4 is 5.32 Å². The number of rotatable bonds is 3. The van der Waals surface area contributed by atoms with E-state index in [1.54, 1.807) is 0 Å². The first-order chi connectivity index (χ1) is 7.46. The average Bonchev–Trinajstić information content (AvgIpc) is 2.73. The minimum atomic E-state index is -2.83. The number of hydrogen-bond donors (Lipinski definition) is 1. The highest BCUT2D eigenvalue weighted by atomic mass is 32.2. The zero-order valence-corrected chi connectivity index (χ0v) is 10.9. The summed E-state index contributed by atoms with van der Waals surface area (Å²) in [6.45, 7) is 4.12. The lowest BCUT2D eigenvalue weighted by atomic mass is 10.2. The molecule has 1 aromatic rings. The van der Waals surface area contributed by atoms with Gasteiger partial charge in [-0.1, -0.05) is 25.2 Å². The Kier molecular flexibility index (Phi) is 3.16. The van der Waals surface area contributed by atoms with Gasteiger partial charge in [-0.2, -0.15) is 0 Å².